The van der Waals surface area contributed by atoms with E-state index in [1.165, 1.54) is 23.3 Å². The molecule has 0 saturated heterocycles. The zero-order valence-electron chi connectivity index (χ0n) is 17.9. The molecule has 0 heterocycles. The van der Waals surface area contributed by atoms with Crippen LogP contribution in [0.25, 0.3) is 0 Å². The van der Waals surface area contributed by atoms with Gasteiger partial charge in [0.1, 0.15) is 11.6 Å². The molecule has 0 aromatic heterocycles. The Morgan fingerprint density at radius 1 is 0.969 bits per heavy atom. The van der Waals surface area contributed by atoms with E-state index in [-0.39, 0.29) is 12.3 Å². The molecule has 0 aliphatic heterocycles. The molecule has 1 atom stereocenters. The van der Waals surface area contributed by atoms with Gasteiger partial charge >= 0.3 is 0 Å². The number of hydrogen-bond donors (Lipinski definition) is 2. The number of rotatable bonds is 10. The fraction of sp³-hybridized carbons (Fsp3) is 0.231. The Kier molecular flexibility index (Phi) is 8.77. The first-order valence-corrected chi connectivity index (χ1v) is 10.9. The van der Waals surface area contributed by atoms with Crippen molar-refractivity contribution in [2.24, 2.45) is 0 Å². The number of nitrogens with one attached hydrogen (secondary N) is 2. The van der Waals surface area contributed by atoms with Gasteiger partial charge < -0.3 is 10.6 Å². The summed E-state index contributed by atoms with van der Waals surface area (Å²) >= 11 is 5.90. The van der Waals surface area contributed by atoms with E-state index in [1.807, 2.05) is 12.5 Å². The van der Waals surface area contributed by atoms with Crippen molar-refractivity contribution >= 4 is 17.5 Å². The molecule has 0 fully saturated rings. The fourth-order valence-corrected chi connectivity index (χ4v) is 3.56. The van der Waals surface area contributed by atoms with Crippen LogP contribution in [0.5, 0.6) is 0 Å². The van der Waals surface area contributed by atoms with Crippen molar-refractivity contribution in [2.45, 2.75) is 32.4 Å². The van der Waals surface area contributed by atoms with Crippen LogP contribution in [0.2, 0.25) is 5.02 Å². The summed E-state index contributed by atoms with van der Waals surface area (Å²) in [7, 11) is 0. The largest absolute Gasteiger partial charge is 0.349 e. The highest BCUT2D eigenvalue weighted by atomic mass is 35.5. The second-order valence-corrected chi connectivity index (χ2v) is 8.05. The summed E-state index contributed by atoms with van der Waals surface area (Å²) in [5.41, 5.74) is 3.37. The molecule has 1 amide bonds. The monoisotopic (exact) mass is 455 g/mol. The van der Waals surface area contributed by atoms with Gasteiger partial charge in [-0.1, -0.05) is 42.8 Å². The maximum atomic E-state index is 13.6. The summed E-state index contributed by atoms with van der Waals surface area (Å²) in [6, 6.07) is 17.9. The van der Waals surface area contributed by atoms with Crippen molar-refractivity contribution < 1.29 is 13.6 Å². The molecule has 0 spiro atoms. The summed E-state index contributed by atoms with van der Waals surface area (Å²) in [6.07, 6.45) is 3.14. The Morgan fingerprint density at radius 3 is 2.34 bits per heavy atom. The third-order valence-electron chi connectivity index (χ3n) is 5.08. The van der Waals surface area contributed by atoms with Crippen molar-refractivity contribution in [3.63, 3.8) is 0 Å². The zero-order chi connectivity index (χ0) is 22.9. The lowest BCUT2D eigenvalue weighted by Crippen LogP contribution is -2.39. The Balaban J connectivity index is 1.63. The molecule has 167 valence electrons. The van der Waals surface area contributed by atoms with Crippen molar-refractivity contribution in [2.75, 3.05) is 6.54 Å². The van der Waals surface area contributed by atoms with E-state index in [0.29, 0.717) is 29.2 Å². The third kappa shape index (κ3) is 7.43. The van der Waals surface area contributed by atoms with Gasteiger partial charge in [0.05, 0.1) is 0 Å². The third-order valence-corrected chi connectivity index (χ3v) is 5.33. The van der Waals surface area contributed by atoms with Crippen molar-refractivity contribution in [3.8, 4) is 0 Å². The standard InChI is InChI=1S/C26H26ClF2N2O/c1-2-18-4-3-5-19(12-18)17-30-11-10-25(15-20-13-23(28)16-24(29)14-20)31-26(32)21-6-8-22(27)9-7-21/h3-10,12-14,16,25,30H,2,11,15,17H2,1H3,(H,31,32)/t25-/m0/s1. The summed E-state index contributed by atoms with van der Waals surface area (Å²) in [5.74, 6) is -1.57. The Bertz CT molecular complexity index is 1020. The molecule has 3 aromatic carbocycles. The number of carbonyl (C=O) groups is 1. The average Bonchev–Trinajstić information content (AvgIpc) is 2.76. The highest BCUT2D eigenvalue weighted by molar-refractivity contribution is 6.30. The minimum absolute atomic E-state index is 0.265. The van der Waals surface area contributed by atoms with Crippen LogP contribution in [0, 0.1) is 18.1 Å². The molecule has 3 rings (SSSR count). The molecule has 6 heteroatoms. The Hall–Kier alpha value is -2.76. The van der Waals surface area contributed by atoms with Crippen LogP contribution in [0.3, 0.4) is 0 Å². The Morgan fingerprint density at radius 2 is 1.66 bits per heavy atom. The van der Waals surface area contributed by atoms with E-state index in [9.17, 15) is 13.6 Å². The highest BCUT2D eigenvalue weighted by Gasteiger charge is 2.16. The summed E-state index contributed by atoms with van der Waals surface area (Å²) < 4.78 is 27.3. The number of benzene rings is 3. The van der Waals surface area contributed by atoms with Gasteiger partial charge in [-0.3, -0.25) is 4.79 Å². The van der Waals surface area contributed by atoms with Gasteiger partial charge in [-0.15, -0.1) is 0 Å². The molecule has 0 aliphatic carbocycles. The molecule has 0 aliphatic rings. The second kappa shape index (κ2) is 11.7. The summed E-state index contributed by atoms with van der Waals surface area (Å²) in [6.45, 7) is 3.31. The van der Waals surface area contributed by atoms with E-state index < -0.39 is 17.7 Å². The van der Waals surface area contributed by atoms with Gasteiger partial charge in [0.15, 0.2) is 0 Å². The maximum absolute atomic E-state index is 13.6. The van der Waals surface area contributed by atoms with Crippen molar-refractivity contribution in [1.82, 2.24) is 10.6 Å². The van der Waals surface area contributed by atoms with E-state index in [4.69, 9.17) is 11.6 Å². The van der Waals surface area contributed by atoms with Crippen LogP contribution in [0.1, 0.15) is 34.0 Å². The number of aryl methyl sites for hydroxylation is 1. The molecule has 3 nitrogen and oxygen atoms in total. The van der Waals surface area contributed by atoms with Crippen molar-refractivity contribution in [3.05, 3.63) is 112 Å². The highest BCUT2D eigenvalue weighted by Crippen LogP contribution is 2.13. The van der Waals surface area contributed by atoms with Crippen LogP contribution in [0.15, 0.2) is 66.7 Å². The topological polar surface area (TPSA) is 41.1 Å². The van der Waals surface area contributed by atoms with Gasteiger partial charge in [0, 0.05) is 35.8 Å². The first kappa shape index (κ1) is 23.9. The minimum atomic E-state index is -0.642. The molecule has 0 saturated carbocycles. The van der Waals surface area contributed by atoms with E-state index >= 15 is 0 Å². The molecule has 32 heavy (non-hydrogen) atoms. The Labute approximate surface area is 192 Å². The average molecular weight is 456 g/mol. The normalized spacial score (nSPS) is 11.9. The van der Waals surface area contributed by atoms with Crippen LogP contribution in [0.4, 0.5) is 8.78 Å². The number of halogens is 3. The summed E-state index contributed by atoms with van der Waals surface area (Å²) in [4.78, 5) is 12.7. The SMILES string of the molecule is CCc1cccc(CNC[CH][C@@H](Cc2cc(F)cc(F)c2)NC(=O)c2ccc(Cl)cc2)c1. The molecular weight excluding hydrogens is 430 g/mol. The molecule has 0 bridgehead atoms. The number of hydrogen-bond acceptors (Lipinski definition) is 2. The second-order valence-electron chi connectivity index (χ2n) is 7.61. The molecule has 3 aromatic rings. The predicted octanol–water partition coefficient (Wildman–Crippen LogP) is 5.52. The van der Waals surface area contributed by atoms with E-state index in [1.54, 1.807) is 24.3 Å². The minimum Gasteiger partial charge on any atom is -0.349 e. The van der Waals surface area contributed by atoms with Gasteiger partial charge in [-0.2, -0.15) is 0 Å². The van der Waals surface area contributed by atoms with Crippen LogP contribution in [-0.4, -0.2) is 18.5 Å². The van der Waals surface area contributed by atoms with Gasteiger partial charge in [0.25, 0.3) is 5.91 Å². The quantitative estimate of drug-likeness (QED) is 0.395. The van der Waals surface area contributed by atoms with E-state index in [0.717, 1.165) is 12.5 Å². The predicted molar refractivity (Wildman–Crippen MR) is 125 cm³/mol. The molecule has 1 radical (unpaired) electrons. The number of amides is 1. The fourth-order valence-electron chi connectivity index (χ4n) is 3.43. The van der Waals surface area contributed by atoms with Crippen molar-refractivity contribution in [1.29, 1.82) is 0 Å². The lowest BCUT2D eigenvalue weighted by Gasteiger charge is -2.19. The smallest absolute Gasteiger partial charge is 0.251 e. The van der Waals surface area contributed by atoms with Gasteiger partial charge in [-0.05, 0) is 72.4 Å². The molecule has 0 unspecified atom stereocenters. The van der Waals surface area contributed by atoms with Gasteiger partial charge in [0.2, 0.25) is 0 Å². The maximum Gasteiger partial charge on any atom is 0.251 e. The zero-order valence-corrected chi connectivity index (χ0v) is 18.6. The first-order valence-electron chi connectivity index (χ1n) is 10.6. The number of carbonyl (C=O) groups excluding carboxylic acids is 1. The van der Waals surface area contributed by atoms with Crippen LogP contribution < -0.4 is 10.6 Å². The van der Waals surface area contributed by atoms with Crippen LogP contribution >= 0.6 is 11.6 Å². The van der Waals surface area contributed by atoms with Gasteiger partial charge in [-0.25, -0.2) is 8.78 Å². The first-order chi connectivity index (χ1) is 15.4. The molecule has 2 N–H and O–H groups in total. The molecular formula is C26H26ClF2N2O. The lowest BCUT2D eigenvalue weighted by molar-refractivity contribution is 0.0941. The van der Waals surface area contributed by atoms with E-state index in [2.05, 4.69) is 35.8 Å². The summed E-state index contributed by atoms with van der Waals surface area (Å²) in [5, 5.41) is 6.81. The van der Waals surface area contributed by atoms with Crippen LogP contribution in [-0.2, 0) is 19.4 Å². The lowest BCUT2D eigenvalue weighted by atomic mass is 10.0.